The highest BCUT2D eigenvalue weighted by atomic mass is 32.2. The van der Waals surface area contributed by atoms with Gasteiger partial charge in [-0.25, -0.2) is 0 Å². The fourth-order valence-corrected chi connectivity index (χ4v) is 2.88. The Hall–Kier alpha value is -2.77. The van der Waals surface area contributed by atoms with Gasteiger partial charge in [0.25, 0.3) is 10.1 Å². The summed E-state index contributed by atoms with van der Waals surface area (Å²) in [6, 6.07) is 16.7. The molecular weight excluding hydrogens is 314 g/mol. The Balaban J connectivity index is 2.11. The van der Waals surface area contributed by atoms with Crippen molar-refractivity contribution in [1.29, 1.82) is 0 Å². The molecule has 7 heteroatoms. The zero-order chi connectivity index (χ0) is 16.4. The first kappa shape index (κ1) is 15.1. The van der Waals surface area contributed by atoms with Crippen molar-refractivity contribution in [1.82, 2.24) is 0 Å². The Morgan fingerprint density at radius 1 is 0.783 bits per heavy atom. The number of nitrogens with two attached hydrogens (primary N) is 1. The number of anilines is 1. The van der Waals surface area contributed by atoms with Gasteiger partial charge in [-0.15, -0.1) is 10.2 Å². The third-order valence-corrected chi connectivity index (χ3v) is 4.24. The maximum atomic E-state index is 11.4. The van der Waals surface area contributed by atoms with E-state index >= 15 is 0 Å². The lowest BCUT2D eigenvalue weighted by molar-refractivity contribution is 0.483. The second-order valence-electron chi connectivity index (χ2n) is 4.86. The second kappa shape index (κ2) is 5.79. The molecule has 0 saturated carbocycles. The topological polar surface area (TPSA) is 105 Å². The van der Waals surface area contributed by atoms with Crippen molar-refractivity contribution in [3.63, 3.8) is 0 Å². The van der Waals surface area contributed by atoms with E-state index in [0.717, 1.165) is 10.8 Å². The molecule has 3 aromatic carbocycles. The van der Waals surface area contributed by atoms with E-state index in [0.29, 0.717) is 11.4 Å². The SMILES string of the molecule is Nc1ccc(N=Nc2ccccc2S(=O)(=O)O)c2ccccc12. The van der Waals surface area contributed by atoms with Gasteiger partial charge in [-0.1, -0.05) is 36.4 Å². The third kappa shape index (κ3) is 3.05. The number of nitrogen functional groups attached to an aromatic ring is 1. The van der Waals surface area contributed by atoms with Gasteiger partial charge in [-0.2, -0.15) is 8.42 Å². The van der Waals surface area contributed by atoms with Crippen LogP contribution in [0.5, 0.6) is 0 Å². The van der Waals surface area contributed by atoms with Crippen LogP contribution in [0.1, 0.15) is 0 Å². The van der Waals surface area contributed by atoms with Crippen LogP contribution in [0.25, 0.3) is 10.8 Å². The van der Waals surface area contributed by atoms with Crippen LogP contribution < -0.4 is 5.73 Å². The zero-order valence-electron chi connectivity index (χ0n) is 11.9. The number of hydrogen-bond donors (Lipinski definition) is 2. The van der Waals surface area contributed by atoms with Gasteiger partial charge in [0.05, 0.1) is 5.69 Å². The molecule has 0 bridgehead atoms. The van der Waals surface area contributed by atoms with Crippen molar-refractivity contribution in [2.75, 3.05) is 5.73 Å². The monoisotopic (exact) mass is 327 g/mol. The van der Waals surface area contributed by atoms with Crippen molar-refractivity contribution >= 4 is 38.0 Å². The predicted octanol–water partition coefficient (Wildman–Crippen LogP) is 4.08. The largest absolute Gasteiger partial charge is 0.398 e. The fraction of sp³-hybridized carbons (Fsp3) is 0. The molecule has 3 aromatic rings. The smallest absolute Gasteiger partial charge is 0.296 e. The van der Waals surface area contributed by atoms with E-state index in [-0.39, 0.29) is 10.6 Å². The molecule has 0 atom stereocenters. The standard InChI is InChI=1S/C16H13N3O3S/c17-13-9-10-14(12-6-2-1-5-11(12)13)18-19-15-7-3-4-8-16(15)23(20,21)22/h1-10H,17H2,(H,20,21,22). The van der Waals surface area contributed by atoms with E-state index in [4.69, 9.17) is 5.73 Å². The van der Waals surface area contributed by atoms with Crippen molar-refractivity contribution in [2.24, 2.45) is 10.2 Å². The van der Waals surface area contributed by atoms with Crippen LogP contribution in [-0.4, -0.2) is 13.0 Å². The minimum absolute atomic E-state index is 0.0657. The van der Waals surface area contributed by atoms with Crippen molar-refractivity contribution in [2.45, 2.75) is 4.90 Å². The summed E-state index contributed by atoms with van der Waals surface area (Å²) in [5.74, 6) is 0. The van der Waals surface area contributed by atoms with Crippen LogP contribution >= 0.6 is 0 Å². The predicted molar refractivity (Wildman–Crippen MR) is 88.8 cm³/mol. The minimum atomic E-state index is -4.36. The van der Waals surface area contributed by atoms with Gasteiger partial charge >= 0.3 is 0 Å². The van der Waals surface area contributed by atoms with E-state index in [1.807, 2.05) is 24.3 Å². The van der Waals surface area contributed by atoms with Gasteiger partial charge in [0.2, 0.25) is 0 Å². The molecule has 3 N–H and O–H groups in total. The second-order valence-corrected chi connectivity index (χ2v) is 6.25. The van der Waals surface area contributed by atoms with Crippen LogP contribution in [0.3, 0.4) is 0 Å². The molecule has 0 saturated heterocycles. The summed E-state index contributed by atoms with van der Waals surface area (Å²) in [5, 5.41) is 9.73. The molecule has 0 aliphatic heterocycles. The van der Waals surface area contributed by atoms with E-state index in [1.54, 1.807) is 18.2 Å². The summed E-state index contributed by atoms with van der Waals surface area (Å²) < 4.78 is 31.9. The lowest BCUT2D eigenvalue weighted by atomic mass is 10.1. The summed E-state index contributed by atoms with van der Waals surface area (Å²) in [7, 11) is -4.36. The molecular formula is C16H13N3O3S. The van der Waals surface area contributed by atoms with Crippen molar-refractivity contribution in [3.05, 3.63) is 60.7 Å². The van der Waals surface area contributed by atoms with E-state index in [9.17, 15) is 13.0 Å². The molecule has 3 rings (SSSR count). The van der Waals surface area contributed by atoms with Gasteiger partial charge in [-0.05, 0) is 24.3 Å². The fourth-order valence-electron chi connectivity index (χ4n) is 2.26. The molecule has 116 valence electrons. The number of rotatable bonds is 3. The highest BCUT2D eigenvalue weighted by Crippen LogP contribution is 2.32. The van der Waals surface area contributed by atoms with Crippen molar-refractivity contribution in [3.8, 4) is 0 Å². The number of azo groups is 1. The van der Waals surface area contributed by atoms with E-state index in [2.05, 4.69) is 10.2 Å². The average molecular weight is 327 g/mol. The molecule has 0 radical (unpaired) electrons. The lowest BCUT2D eigenvalue weighted by Gasteiger charge is -2.04. The van der Waals surface area contributed by atoms with Crippen LogP contribution in [0.2, 0.25) is 0 Å². The minimum Gasteiger partial charge on any atom is -0.398 e. The van der Waals surface area contributed by atoms with E-state index in [1.165, 1.54) is 18.2 Å². The summed E-state index contributed by atoms with van der Waals surface area (Å²) in [6.07, 6.45) is 0. The lowest BCUT2D eigenvalue weighted by Crippen LogP contribution is -1.97. The number of nitrogens with zero attached hydrogens (tertiary/aromatic N) is 2. The Kier molecular flexibility index (Phi) is 3.81. The number of fused-ring (bicyclic) bond motifs is 1. The number of hydrogen-bond acceptors (Lipinski definition) is 5. The Bertz CT molecular complexity index is 1010. The van der Waals surface area contributed by atoms with Crippen LogP contribution in [0.4, 0.5) is 17.1 Å². The first-order chi connectivity index (χ1) is 11.0. The van der Waals surface area contributed by atoms with E-state index < -0.39 is 10.1 Å². The first-order valence-electron chi connectivity index (χ1n) is 6.72. The maximum Gasteiger partial charge on any atom is 0.296 e. The Labute approximate surface area is 133 Å². The molecule has 0 fully saturated rings. The van der Waals surface area contributed by atoms with Gasteiger partial charge in [0, 0.05) is 16.5 Å². The third-order valence-electron chi connectivity index (χ3n) is 3.34. The maximum absolute atomic E-state index is 11.4. The van der Waals surface area contributed by atoms with Crippen LogP contribution in [0, 0.1) is 0 Å². The zero-order valence-corrected chi connectivity index (χ0v) is 12.7. The molecule has 0 aliphatic carbocycles. The highest BCUT2D eigenvalue weighted by Gasteiger charge is 2.14. The molecule has 0 amide bonds. The molecule has 6 nitrogen and oxygen atoms in total. The molecule has 0 aliphatic rings. The van der Waals surface area contributed by atoms with Gasteiger partial charge in [-0.3, -0.25) is 4.55 Å². The van der Waals surface area contributed by atoms with Gasteiger partial charge in [0.1, 0.15) is 10.6 Å². The van der Waals surface area contributed by atoms with Gasteiger partial charge < -0.3 is 5.73 Å². The molecule has 0 aromatic heterocycles. The Morgan fingerprint density at radius 2 is 1.39 bits per heavy atom. The average Bonchev–Trinajstić information content (AvgIpc) is 2.54. The van der Waals surface area contributed by atoms with Gasteiger partial charge in [0.15, 0.2) is 0 Å². The first-order valence-corrected chi connectivity index (χ1v) is 8.16. The molecule has 0 heterocycles. The molecule has 23 heavy (non-hydrogen) atoms. The molecule has 0 unspecified atom stereocenters. The van der Waals surface area contributed by atoms with Crippen LogP contribution in [0.15, 0.2) is 75.8 Å². The van der Waals surface area contributed by atoms with Crippen molar-refractivity contribution < 1.29 is 13.0 Å². The summed E-state index contributed by atoms with van der Waals surface area (Å²) in [6.45, 7) is 0. The summed E-state index contributed by atoms with van der Waals surface area (Å²) in [5.41, 5.74) is 7.17. The van der Waals surface area contributed by atoms with Crippen LogP contribution in [-0.2, 0) is 10.1 Å². The summed E-state index contributed by atoms with van der Waals surface area (Å²) >= 11 is 0. The Morgan fingerprint density at radius 3 is 2.13 bits per heavy atom. The quantitative estimate of drug-likeness (QED) is 0.429. The molecule has 0 spiro atoms. The number of benzene rings is 3. The normalized spacial score (nSPS) is 12.0. The summed E-state index contributed by atoms with van der Waals surface area (Å²) in [4.78, 5) is -0.288. The highest BCUT2D eigenvalue weighted by molar-refractivity contribution is 7.86.